The molecule has 0 saturated carbocycles. The molecule has 0 spiro atoms. The Kier molecular flexibility index (Phi) is 7.80. The molecule has 2 aromatic carbocycles. The number of carbonyl (C=O) groups excluding carboxylic acids is 1. The topological polar surface area (TPSA) is 91.1 Å². The first kappa shape index (κ1) is 22.7. The van der Waals surface area contributed by atoms with Gasteiger partial charge in [0, 0.05) is 18.8 Å². The molecule has 0 amide bonds. The fourth-order valence-corrected chi connectivity index (χ4v) is 3.13. The summed E-state index contributed by atoms with van der Waals surface area (Å²) < 4.78 is 15.3. The fraction of sp³-hybridized carbons (Fsp3) is 0.318. The van der Waals surface area contributed by atoms with Crippen LogP contribution in [0.5, 0.6) is 11.5 Å². The van der Waals surface area contributed by atoms with Gasteiger partial charge in [-0.25, -0.2) is 4.79 Å². The molecule has 30 heavy (non-hydrogen) atoms. The lowest BCUT2D eigenvalue weighted by atomic mass is 10.00. The molecular formula is C22H26N2O6. The monoisotopic (exact) mass is 414 g/mol. The van der Waals surface area contributed by atoms with Gasteiger partial charge in [0.05, 0.1) is 43.5 Å². The highest BCUT2D eigenvalue weighted by atomic mass is 16.6. The van der Waals surface area contributed by atoms with Crippen LogP contribution >= 0.6 is 0 Å². The van der Waals surface area contributed by atoms with E-state index in [1.165, 1.54) is 33.5 Å². The number of methoxy groups -OCH3 is 3. The number of carbonyl (C=O) groups is 1. The summed E-state index contributed by atoms with van der Waals surface area (Å²) in [5.41, 5.74) is 1.59. The van der Waals surface area contributed by atoms with E-state index in [0.717, 1.165) is 18.8 Å². The van der Waals surface area contributed by atoms with Crippen LogP contribution in [0.15, 0.2) is 36.4 Å². The van der Waals surface area contributed by atoms with Gasteiger partial charge in [0.2, 0.25) is 0 Å². The Morgan fingerprint density at radius 3 is 2.07 bits per heavy atom. The van der Waals surface area contributed by atoms with E-state index >= 15 is 0 Å². The van der Waals surface area contributed by atoms with E-state index in [1.54, 1.807) is 6.08 Å². The van der Waals surface area contributed by atoms with Crippen molar-refractivity contribution in [2.75, 3.05) is 39.3 Å². The maximum atomic E-state index is 12.5. The highest BCUT2D eigenvalue weighted by molar-refractivity contribution is 6.22. The maximum absolute atomic E-state index is 12.5. The lowest BCUT2D eigenvalue weighted by Gasteiger charge is -2.21. The molecule has 8 heteroatoms. The summed E-state index contributed by atoms with van der Waals surface area (Å²) in [5, 5.41) is 11.7. The van der Waals surface area contributed by atoms with Crippen LogP contribution in [0.1, 0.15) is 25.0 Å². The zero-order valence-corrected chi connectivity index (χ0v) is 17.8. The predicted molar refractivity (Wildman–Crippen MR) is 116 cm³/mol. The maximum Gasteiger partial charge on any atom is 0.338 e. The number of rotatable bonds is 9. The third-order valence-electron chi connectivity index (χ3n) is 4.73. The van der Waals surface area contributed by atoms with Crippen LogP contribution in [0.4, 0.5) is 11.4 Å². The quantitative estimate of drug-likeness (QED) is 0.200. The number of benzene rings is 2. The van der Waals surface area contributed by atoms with Crippen molar-refractivity contribution >= 4 is 29.0 Å². The van der Waals surface area contributed by atoms with Gasteiger partial charge in [0.1, 0.15) is 0 Å². The molecule has 0 N–H and O–H groups in total. The summed E-state index contributed by atoms with van der Waals surface area (Å²) >= 11 is 0. The number of nitro groups is 1. The van der Waals surface area contributed by atoms with Gasteiger partial charge < -0.3 is 19.1 Å². The van der Waals surface area contributed by atoms with Crippen molar-refractivity contribution < 1.29 is 23.9 Å². The third-order valence-corrected chi connectivity index (χ3v) is 4.73. The van der Waals surface area contributed by atoms with Gasteiger partial charge in [-0.1, -0.05) is 12.1 Å². The van der Waals surface area contributed by atoms with Gasteiger partial charge in [-0.2, -0.15) is 0 Å². The summed E-state index contributed by atoms with van der Waals surface area (Å²) in [7, 11) is 4.03. The normalized spacial score (nSPS) is 11.0. The molecule has 0 heterocycles. The van der Waals surface area contributed by atoms with E-state index < -0.39 is 10.9 Å². The van der Waals surface area contributed by atoms with Crippen molar-refractivity contribution in [3.8, 4) is 11.5 Å². The lowest BCUT2D eigenvalue weighted by Crippen LogP contribution is -2.21. The molecule has 0 atom stereocenters. The molecule has 0 aromatic heterocycles. The fourth-order valence-electron chi connectivity index (χ4n) is 3.13. The summed E-state index contributed by atoms with van der Waals surface area (Å²) in [6, 6.07) is 10.2. The third kappa shape index (κ3) is 4.89. The summed E-state index contributed by atoms with van der Waals surface area (Å²) in [6.07, 6.45) is 1.56. The minimum absolute atomic E-state index is 0.0424. The molecule has 2 rings (SSSR count). The number of nitrogens with zero attached hydrogens (tertiary/aromatic N) is 2. The van der Waals surface area contributed by atoms with Crippen LogP contribution in [-0.2, 0) is 9.53 Å². The van der Waals surface area contributed by atoms with E-state index in [2.05, 4.69) is 18.7 Å². The molecule has 0 saturated heterocycles. The van der Waals surface area contributed by atoms with E-state index in [1.807, 2.05) is 24.3 Å². The van der Waals surface area contributed by atoms with Crippen molar-refractivity contribution in [1.29, 1.82) is 0 Å². The predicted octanol–water partition coefficient (Wildman–Crippen LogP) is 4.17. The summed E-state index contributed by atoms with van der Waals surface area (Å²) in [4.78, 5) is 25.8. The smallest absolute Gasteiger partial charge is 0.338 e. The van der Waals surface area contributed by atoms with Gasteiger partial charge in [-0.3, -0.25) is 10.1 Å². The zero-order valence-electron chi connectivity index (χ0n) is 17.8. The number of hydrogen-bond donors (Lipinski definition) is 0. The second-order valence-electron chi connectivity index (χ2n) is 6.29. The Bertz CT molecular complexity index is 933. The van der Waals surface area contributed by atoms with Crippen molar-refractivity contribution in [2.45, 2.75) is 13.8 Å². The summed E-state index contributed by atoms with van der Waals surface area (Å²) in [6.45, 7) is 5.89. The number of esters is 1. The van der Waals surface area contributed by atoms with Gasteiger partial charge >= 0.3 is 5.97 Å². The molecule has 2 aromatic rings. The first-order chi connectivity index (χ1) is 14.4. The molecule has 0 aliphatic rings. The molecule has 0 radical (unpaired) electrons. The molecule has 0 aliphatic heterocycles. The van der Waals surface area contributed by atoms with Crippen molar-refractivity contribution in [3.63, 3.8) is 0 Å². The van der Waals surface area contributed by atoms with E-state index in [4.69, 9.17) is 14.2 Å². The largest absolute Gasteiger partial charge is 0.493 e. The van der Waals surface area contributed by atoms with Gasteiger partial charge in [0.15, 0.2) is 11.5 Å². The molecule has 0 bridgehead atoms. The molecule has 160 valence electrons. The van der Waals surface area contributed by atoms with Gasteiger partial charge in [-0.05, 0) is 43.7 Å². The second-order valence-corrected chi connectivity index (χ2v) is 6.29. The first-order valence-corrected chi connectivity index (χ1v) is 9.45. The first-order valence-electron chi connectivity index (χ1n) is 9.45. The molecule has 8 nitrogen and oxygen atoms in total. The second kappa shape index (κ2) is 10.3. The van der Waals surface area contributed by atoms with Crippen LogP contribution in [-0.4, -0.2) is 45.3 Å². The Morgan fingerprint density at radius 2 is 1.60 bits per heavy atom. The van der Waals surface area contributed by atoms with E-state index in [9.17, 15) is 14.9 Å². The van der Waals surface area contributed by atoms with Crippen molar-refractivity contribution in [1.82, 2.24) is 0 Å². The molecule has 0 unspecified atom stereocenters. The number of hydrogen-bond acceptors (Lipinski definition) is 7. The number of anilines is 1. The summed E-state index contributed by atoms with van der Waals surface area (Å²) in [5.74, 6) is -0.233. The minimum Gasteiger partial charge on any atom is -0.493 e. The minimum atomic E-state index is -0.696. The van der Waals surface area contributed by atoms with E-state index in [0.29, 0.717) is 5.56 Å². The van der Waals surface area contributed by atoms with Crippen LogP contribution < -0.4 is 14.4 Å². The molecule has 0 aliphatic carbocycles. The van der Waals surface area contributed by atoms with Crippen LogP contribution in [0.2, 0.25) is 0 Å². The zero-order chi connectivity index (χ0) is 22.3. The van der Waals surface area contributed by atoms with Crippen LogP contribution in [0.25, 0.3) is 11.6 Å². The number of nitro benzene ring substituents is 1. The highest BCUT2D eigenvalue weighted by Gasteiger charge is 2.26. The van der Waals surface area contributed by atoms with Crippen molar-refractivity contribution in [2.24, 2.45) is 0 Å². The lowest BCUT2D eigenvalue weighted by molar-refractivity contribution is -0.385. The Hall–Kier alpha value is -3.55. The average Bonchev–Trinajstić information content (AvgIpc) is 2.77. The average molecular weight is 414 g/mol. The van der Waals surface area contributed by atoms with Gasteiger partial charge in [0.25, 0.3) is 5.69 Å². The standard InChI is InChI=1S/C22H26N2O6/c1-6-23(7-2)16-10-8-15(9-11-16)12-18(22(25)30-5)17-13-20(28-3)21(29-4)14-19(17)24(26)27/h8-14H,6-7H2,1-5H3/b18-12+. The van der Waals surface area contributed by atoms with E-state index in [-0.39, 0.29) is 28.3 Å². The Labute approximate surface area is 175 Å². The van der Waals surface area contributed by atoms with Crippen LogP contribution in [0, 0.1) is 10.1 Å². The SMILES string of the molecule is CCN(CC)c1ccc(/C=C(/C(=O)OC)c2cc(OC)c(OC)cc2[N+](=O)[O-])cc1. The highest BCUT2D eigenvalue weighted by Crippen LogP contribution is 2.38. The van der Waals surface area contributed by atoms with Crippen molar-refractivity contribution in [3.05, 3.63) is 57.6 Å². The Balaban J connectivity index is 2.63. The number of ether oxygens (including phenoxy) is 3. The molecule has 0 fully saturated rings. The van der Waals surface area contributed by atoms with Gasteiger partial charge in [-0.15, -0.1) is 0 Å². The molecular weight excluding hydrogens is 388 g/mol. The Morgan fingerprint density at radius 1 is 1.03 bits per heavy atom. The van der Waals surface area contributed by atoms with Crippen LogP contribution in [0.3, 0.4) is 0 Å².